The van der Waals surface area contributed by atoms with Gasteiger partial charge in [-0.25, -0.2) is 4.79 Å². The van der Waals surface area contributed by atoms with Gasteiger partial charge in [0.2, 0.25) is 11.1 Å². The molecule has 148 valence electrons. The standard InChI is InChI=1S/C18H17N7O3S/c1-10(16(26)19-11-3-8-14-15(9-11)21-17(27)20-14)29-18-22-23-24-25(18)12-4-6-13(28-2)7-5-12/h3-10H,1-2H3,(H,19,26)(H2,20,21,27)/t10-/m0/s1. The van der Waals surface area contributed by atoms with Gasteiger partial charge in [0.1, 0.15) is 5.75 Å². The molecule has 29 heavy (non-hydrogen) atoms. The number of amides is 1. The molecule has 0 radical (unpaired) electrons. The van der Waals surface area contributed by atoms with E-state index in [2.05, 4.69) is 30.8 Å². The minimum absolute atomic E-state index is 0.212. The Hall–Kier alpha value is -3.60. The maximum absolute atomic E-state index is 12.6. The number of nitrogens with one attached hydrogen (secondary N) is 3. The Morgan fingerprint density at radius 3 is 2.69 bits per heavy atom. The van der Waals surface area contributed by atoms with Crippen LogP contribution in [0, 0.1) is 0 Å². The minimum atomic E-state index is -0.459. The number of anilines is 1. The van der Waals surface area contributed by atoms with Crippen molar-refractivity contribution < 1.29 is 9.53 Å². The third-order valence-electron chi connectivity index (χ3n) is 4.19. The average Bonchev–Trinajstić information content (AvgIpc) is 3.33. The van der Waals surface area contributed by atoms with Gasteiger partial charge in [0.15, 0.2) is 0 Å². The molecule has 11 heteroatoms. The third kappa shape index (κ3) is 3.99. The highest BCUT2D eigenvalue weighted by Crippen LogP contribution is 2.25. The summed E-state index contributed by atoms with van der Waals surface area (Å²) in [6, 6.07) is 12.4. The molecule has 1 atom stereocenters. The number of fused-ring (bicyclic) bond motifs is 1. The van der Waals surface area contributed by atoms with Gasteiger partial charge in [0, 0.05) is 5.69 Å². The Balaban J connectivity index is 1.47. The number of aromatic nitrogens is 6. The van der Waals surface area contributed by atoms with E-state index in [1.54, 1.807) is 36.9 Å². The van der Waals surface area contributed by atoms with E-state index in [9.17, 15) is 9.59 Å². The molecule has 0 aliphatic carbocycles. The molecule has 0 bridgehead atoms. The summed E-state index contributed by atoms with van der Waals surface area (Å²) >= 11 is 1.24. The summed E-state index contributed by atoms with van der Waals surface area (Å²) in [6.07, 6.45) is 0. The lowest BCUT2D eigenvalue weighted by Crippen LogP contribution is -2.22. The van der Waals surface area contributed by atoms with Gasteiger partial charge in [-0.3, -0.25) is 4.79 Å². The first-order chi connectivity index (χ1) is 14.0. The molecule has 0 aliphatic rings. The van der Waals surface area contributed by atoms with Crippen molar-refractivity contribution in [1.29, 1.82) is 0 Å². The number of hydrogen-bond acceptors (Lipinski definition) is 7. The average molecular weight is 411 g/mol. The van der Waals surface area contributed by atoms with Crippen molar-refractivity contribution in [2.75, 3.05) is 12.4 Å². The van der Waals surface area contributed by atoms with Crippen LogP contribution < -0.4 is 15.7 Å². The summed E-state index contributed by atoms with van der Waals surface area (Å²) in [4.78, 5) is 29.3. The van der Waals surface area contributed by atoms with Crippen LogP contribution in [-0.2, 0) is 4.79 Å². The number of nitrogens with zero attached hydrogens (tertiary/aromatic N) is 4. The summed E-state index contributed by atoms with van der Waals surface area (Å²) in [6.45, 7) is 1.77. The Morgan fingerprint density at radius 2 is 1.93 bits per heavy atom. The number of rotatable bonds is 6. The maximum atomic E-state index is 12.6. The minimum Gasteiger partial charge on any atom is -0.497 e. The zero-order valence-electron chi connectivity index (χ0n) is 15.5. The van der Waals surface area contributed by atoms with E-state index in [0.29, 0.717) is 21.9 Å². The van der Waals surface area contributed by atoms with E-state index in [1.807, 2.05) is 24.3 Å². The van der Waals surface area contributed by atoms with Crippen LogP contribution in [0.3, 0.4) is 0 Å². The van der Waals surface area contributed by atoms with Crippen molar-refractivity contribution in [2.24, 2.45) is 0 Å². The van der Waals surface area contributed by atoms with Crippen molar-refractivity contribution in [3.63, 3.8) is 0 Å². The van der Waals surface area contributed by atoms with E-state index >= 15 is 0 Å². The van der Waals surface area contributed by atoms with Crippen LogP contribution in [0.15, 0.2) is 52.4 Å². The second-order valence-corrected chi connectivity index (χ2v) is 7.47. The molecule has 0 unspecified atom stereocenters. The number of imidazole rings is 1. The van der Waals surface area contributed by atoms with Gasteiger partial charge in [-0.2, -0.15) is 4.68 Å². The fourth-order valence-corrected chi connectivity index (χ4v) is 3.51. The topological polar surface area (TPSA) is 131 Å². The summed E-state index contributed by atoms with van der Waals surface area (Å²) < 4.78 is 6.72. The van der Waals surface area contributed by atoms with Crippen LogP contribution in [0.5, 0.6) is 5.75 Å². The van der Waals surface area contributed by atoms with Crippen LogP contribution in [0.4, 0.5) is 5.69 Å². The highest BCUT2D eigenvalue weighted by Gasteiger charge is 2.19. The van der Waals surface area contributed by atoms with Crippen LogP contribution in [-0.4, -0.2) is 48.4 Å². The van der Waals surface area contributed by atoms with Gasteiger partial charge < -0.3 is 20.0 Å². The summed E-state index contributed by atoms with van der Waals surface area (Å²) in [7, 11) is 1.60. The lowest BCUT2D eigenvalue weighted by atomic mass is 10.2. The molecule has 2 aromatic carbocycles. The van der Waals surface area contributed by atoms with E-state index < -0.39 is 5.25 Å². The second-order valence-electron chi connectivity index (χ2n) is 6.16. The zero-order valence-corrected chi connectivity index (χ0v) is 16.4. The molecule has 3 N–H and O–H groups in total. The molecule has 10 nitrogen and oxygen atoms in total. The Bertz CT molecular complexity index is 1210. The fourth-order valence-electron chi connectivity index (χ4n) is 2.70. The SMILES string of the molecule is COc1ccc(-n2nnnc2S[C@@H](C)C(=O)Nc2ccc3[nH]c(=O)[nH]c3c2)cc1. The predicted octanol–water partition coefficient (Wildman–Crippen LogP) is 1.96. The summed E-state index contributed by atoms with van der Waals surface area (Å²) in [5.74, 6) is 0.515. The molecule has 4 aromatic rings. The van der Waals surface area contributed by atoms with Crippen LogP contribution in [0.2, 0.25) is 0 Å². The number of H-pyrrole nitrogens is 2. The summed E-state index contributed by atoms with van der Waals surface area (Å²) in [5, 5.41) is 14.6. The second kappa shape index (κ2) is 7.80. The first kappa shape index (κ1) is 18.7. The molecule has 0 saturated heterocycles. The van der Waals surface area contributed by atoms with Crippen molar-refractivity contribution in [1.82, 2.24) is 30.2 Å². The fraction of sp³-hybridized carbons (Fsp3) is 0.167. The molecule has 0 fully saturated rings. The number of ether oxygens (including phenoxy) is 1. The number of methoxy groups -OCH3 is 1. The maximum Gasteiger partial charge on any atom is 0.323 e. The Kier molecular flexibility index (Phi) is 5.04. The highest BCUT2D eigenvalue weighted by atomic mass is 32.2. The van der Waals surface area contributed by atoms with Gasteiger partial charge >= 0.3 is 5.69 Å². The number of hydrogen-bond donors (Lipinski definition) is 3. The van der Waals surface area contributed by atoms with Crippen molar-refractivity contribution in [3.05, 3.63) is 52.9 Å². The lowest BCUT2D eigenvalue weighted by molar-refractivity contribution is -0.115. The highest BCUT2D eigenvalue weighted by molar-refractivity contribution is 8.00. The lowest BCUT2D eigenvalue weighted by Gasteiger charge is -2.12. The van der Waals surface area contributed by atoms with Crippen molar-refractivity contribution in [2.45, 2.75) is 17.3 Å². The van der Waals surface area contributed by atoms with Crippen LogP contribution in [0.1, 0.15) is 6.92 Å². The number of aromatic amines is 2. The van der Waals surface area contributed by atoms with E-state index in [0.717, 1.165) is 11.4 Å². The van der Waals surface area contributed by atoms with E-state index in [4.69, 9.17) is 4.74 Å². The first-order valence-corrected chi connectivity index (χ1v) is 9.54. The van der Waals surface area contributed by atoms with Gasteiger partial charge in [-0.1, -0.05) is 11.8 Å². The van der Waals surface area contributed by atoms with Crippen LogP contribution in [0.25, 0.3) is 16.7 Å². The Labute approximate surface area is 168 Å². The number of tetrazole rings is 1. The number of benzene rings is 2. The molecule has 0 saturated carbocycles. The third-order valence-corrected chi connectivity index (χ3v) is 5.23. The Morgan fingerprint density at radius 1 is 1.17 bits per heavy atom. The smallest absolute Gasteiger partial charge is 0.323 e. The molecule has 0 spiro atoms. The van der Waals surface area contributed by atoms with Gasteiger partial charge in [-0.05, 0) is 59.8 Å². The molecule has 4 rings (SSSR count). The molecule has 2 aromatic heterocycles. The molecule has 1 amide bonds. The molecular formula is C18H17N7O3S. The summed E-state index contributed by atoms with van der Waals surface area (Å²) in [5.41, 5.74) is 2.34. The molecular weight excluding hydrogens is 394 g/mol. The predicted molar refractivity (Wildman–Crippen MR) is 109 cm³/mol. The van der Waals surface area contributed by atoms with E-state index in [-0.39, 0.29) is 11.6 Å². The number of thioether (sulfide) groups is 1. The largest absolute Gasteiger partial charge is 0.497 e. The quantitative estimate of drug-likeness (QED) is 0.413. The van der Waals surface area contributed by atoms with Gasteiger partial charge in [0.25, 0.3) is 0 Å². The van der Waals surface area contributed by atoms with Crippen LogP contribution >= 0.6 is 11.8 Å². The van der Waals surface area contributed by atoms with E-state index in [1.165, 1.54) is 11.8 Å². The zero-order chi connectivity index (χ0) is 20.4. The molecule has 2 heterocycles. The normalized spacial score (nSPS) is 12.1. The number of carbonyl (C=O) groups is 1. The monoisotopic (exact) mass is 411 g/mol. The number of carbonyl (C=O) groups excluding carboxylic acids is 1. The molecule has 0 aliphatic heterocycles. The van der Waals surface area contributed by atoms with Crippen molar-refractivity contribution in [3.8, 4) is 11.4 Å². The van der Waals surface area contributed by atoms with Crippen molar-refractivity contribution >= 4 is 34.4 Å². The van der Waals surface area contributed by atoms with Gasteiger partial charge in [-0.15, -0.1) is 5.10 Å². The first-order valence-electron chi connectivity index (χ1n) is 8.66. The van der Waals surface area contributed by atoms with Gasteiger partial charge in [0.05, 0.1) is 29.1 Å².